The van der Waals surface area contributed by atoms with Crippen molar-refractivity contribution in [1.29, 1.82) is 5.26 Å². The first-order valence-electron chi connectivity index (χ1n) is 10.3. The Hall–Kier alpha value is -3.58. The SMILES string of the molecule is COc1cc(/C=N/NC(=O)C(=O)Nc2ccc(CC#N)cc2)cc(Br)c1OCc1ccc(Cl)cc1Cl. The van der Waals surface area contributed by atoms with Gasteiger partial charge >= 0.3 is 11.8 Å². The van der Waals surface area contributed by atoms with Crippen LogP contribution in [0.1, 0.15) is 16.7 Å². The first-order chi connectivity index (χ1) is 17.3. The molecule has 8 nitrogen and oxygen atoms in total. The molecule has 0 aliphatic rings. The number of nitrogens with one attached hydrogen (secondary N) is 2. The second-order valence-electron chi connectivity index (χ2n) is 7.24. The summed E-state index contributed by atoms with van der Waals surface area (Å²) in [6, 6.07) is 17.1. The highest BCUT2D eigenvalue weighted by Crippen LogP contribution is 2.37. The minimum Gasteiger partial charge on any atom is -0.493 e. The summed E-state index contributed by atoms with van der Waals surface area (Å²) >= 11 is 15.6. The van der Waals surface area contributed by atoms with E-state index >= 15 is 0 Å². The van der Waals surface area contributed by atoms with Crippen molar-refractivity contribution in [3.05, 3.63) is 85.8 Å². The molecule has 3 rings (SSSR count). The summed E-state index contributed by atoms with van der Waals surface area (Å²) < 4.78 is 11.9. The summed E-state index contributed by atoms with van der Waals surface area (Å²) in [5.74, 6) is -0.966. The molecule has 0 aliphatic heterocycles. The molecule has 0 atom stereocenters. The summed E-state index contributed by atoms with van der Waals surface area (Å²) in [5, 5.41) is 16.0. The van der Waals surface area contributed by atoms with Crippen LogP contribution < -0.4 is 20.2 Å². The summed E-state index contributed by atoms with van der Waals surface area (Å²) in [4.78, 5) is 24.2. The molecule has 3 aromatic carbocycles. The Morgan fingerprint density at radius 1 is 1.11 bits per heavy atom. The van der Waals surface area contributed by atoms with E-state index < -0.39 is 11.8 Å². The molecule has 36 heavy (non-hydrogen) atoms. The zero-order valence-electron chi connectivity index (χ0n) is 18.8. The third-order valence-corrected chi connectivity index (χ3v) is 5.90. The van der Waals surface area contributed by atoms with E-state index in [4.69, 9.17) is 37.9 Å². The van der Waals surface area contributed by atoms with Gasteiger partial charge < -0.3 is 14.8 Å². The quantitative estimate of drug-likeness (QED) is 0.205. The van der Waals surface area contributed by atoms with Crippen LogP contribution in [0.25, 0.3) is 0 Å². The third-order valence-electron chi connectivity index (χ3n) is 4.72. The van der Waals surface area contributed by atoms with Gasteiger partial charge in [0.1, 0.15) is 6.61 Å². The fourth-order valence-corrected chi connectivity index (χ4v) is 3.98. The fraction of sp³-hybridized carbons (Fsp3) is 0.120. The van der Waals surface area contributed by atoms with Gasteiger partial charge in [-0.1, -0.05) is 41.4 Å². The smallest absolute Gasteiger partial charge is 0.329 e. The maximum absolute atomic E-state index is 12.1. The molecule has 2 N–H and O–H groups in total. The molecule has 184 valence electrons. The summed E-state index contributed by atoms with van der Waals surface area (Å²) in [5.41, 5.74) is 4.72. The van der Waals surface area contributed by atoms with Crippen LogP contribution in [0.4, 0.5) is 5.69 Å². The van der Waals surface area contributed by atoms with Gasteiger partial charge in [-0.15, -0.1) is 0 Å². The van der Waals surface area contributed by atoms with Crippen molar-refractivity contribution in [1.82, 2.24) is 5.43 Å². The molecule has 11 heteroatoms. The number of carbonyl (C=O) groups excluding carboxylic acids is 2. The predicted molar refractivity (Wildman–Crippen MR) is 142 cm³/mol. The number of carbonyl (C=O) groups is 2. The van der Waals surface area contributed by atoms with E-state index in [-0.39, 0.29) is 13.0 Å². The van der Waals surface area contributed by atoms with E-state index in [0.717, 1.165) is 11.1 Å². The van der Waals surface area contributed by atoms with E-state index in [1.807, 2.05) is 6.07 Å². The first kappa shape index (κ1) is 27.0. The number of nitrogens with zero attached hydrogens (tertiary/aromatic N) is 2. The van der Waals surface area contributed by atoms with E-state index in [1.165, 1.54) is 13.3 Å². The van der Waals surface area contributed by atoms with Gasteiger partial charge in [-0.25, -0.2) is 5.43 Å². The molecule has 3 aromatic rings. The van der Waals surface area contributed by atoms with Gasteiger partial charge in [-0.3, -0.25) is 9.59 Å². The van der Waals surface area contributed by atoms with Gasteiger partial charge in [0, 0.05) is 21.3 Å². The summed E-state index contributed by atoms with van der Waals surface area (Å²) in [6.45, 7) is 0.185. The Kier molecular flexibility index (Phi) is 9.70. The van der Waals surface area contributed by atoms with E-state index in [9.17, 15) is 9.59 Å². The molecule has 2 amide bonds. The van der Waals surface area contributed by atoms with E-state index in [1.54, 1.807) is 54.6 Å². The molecule has 0 fully saturated rings. The Morgan fingerprint density at radius 3 is 2.53 bits per heavy atom. The third kappa shape index (κ3) is 7.46. The molecule has 0 saturated heterocycles. The molecule has 0 aromatic heterocycles. The number of halogens is 3. The zero-order chi connectivity index (χ0) is 26.1. The number of hydrazone groups is 1. The lowest BCUT2D eigenvalue weighted by molar-refractivity contribution is -0.136. The molecule has 0 bridgehead atoms. The first-order valence-corrected chi connectivity index (χ1v) is 11.9. The molecular formula is C25H19BrCl2N4O4. The molecular weight excluding hydrogens is 571 g/mol. The van der Waals surface area contributed by atoms with Crippen molar-refractivity contribution in [2.75, 3.05) is 12.4 Å². The Bertz CT molecular complexity index is 1340. The fourth-order valence-electron chi connectivity index (χ4n) is 2.94. The average molecular weight is 590 g/mol. The molecule has 0 spiro atoms. The largest absolute Gasteiger partial charge is 0.493 e. The standard InChI is InChI=1S/C25H19BrCl2N4O4/c1-35-22-11-16(10-20(26)23(22)36-14-17-4-5-18(27)12-21(17)28)13-30-32-25(34)24(33)31-19-6-2-15(3-7-19)8-9-29/h2-7,10-13H,8,14H2,1H3,(H,31,33)(H,32,34)/b30-13+. The van der Waals surface area contributed by atoms with Crippen molar-refractivity contribution in [3.63, 3.8) is 0 Å². The maximum Gasteiger partial charge on any atom is 0.329 e. The van der Waals surface area contributed by atoms with Crippen molar-refractivity contribution in [2.45, 2.75) is 13.0 Å². The summed E-state index contributed by atoms with van der Waals surface area (Å²) in [7, 11) is 1.49. The van der Waals surface area contributed by atoms with Crippen LogP contribution in [0.15, 0.2) is 64.2 Å². The minimum atomic E-state index is -0.946. The minimum absolute atomic E-state index is 0.185. The topological polar surface area (TPSA) is 113 Å². The molecule has 0 radical (unpaired) electrons. The van der Waals surface area contributed by atoms with E-state index in [2.05, 4.69) is 31.8 Å². The number of amides is 2. The van der Waals surface area contributed by atoms with Crippen LogP contribution >= 0.6 is 39.1 Å². The van der Waals surface area contributed by atoms with Gasteiger partial charge in [-0.05, 0) is 63.5 Å². The molecule has 0 aliphatic carbocycles. The monoisotopic (exact) mass is 588 g/mol. The molecule has 0 heterocycles. The van der Waals surface area contributed by atoms with E-state index in [0.29, 0.717) is 37.3 Å². The van der Waals surface area contributed by atoms with Crippen LogP contribution in [-0.2, 0) is 22.6 Å². The van der Waals surface area contributed by atoms with Crippen LogP contribution in [-0.4, -0.2) is 25.1 Å². The number of methoxy groups -OCH3 is 1. The number of hydrogen-bond donors (Lipinski definition) is 2. The Labute approximate surface area is 225 Å². The van der Waals surface area contributed by atoms with Crippen molar-refractivity contribution in [2.24, 2.45) is 5.10 Å². The highest BCUT2D eigenvalue weighted by Gasteiger charge is 2.14. The maximum atomic E-state index is 12.1. The highest BCUT2D eigenvalue weighted by molar-refractivity contribution is 9.10. The van der Waals surface area contributed by atoms with Crippen LogP contribution in [0.3, 0.4) is 0 Å². The highest BCUT2D eigenvalue weighted by atomic mass is 79.9. The zero-order valence-corrected chi connectivity index (χ0v) is 21.9. The normalized spacial score (nSPS) is 10.5. The van der Waals surface area contributed by atoms with Gasteiger partial charge in [0.25, 0.3) is 0 Å². The van der Waals surface area contributed by atoms with Crippen LogP contribution in [0, 0.1) is 11.3 Å². The summed E-state index contributed by atoms with van der Waals surface area (Å²) in [6.07, 6.45) is 1.61. The lowest BCUT2D eigenvalue weighted by Crippen LogP contribution is -2.32. The van der Waals surface area contributed by atoms with Crippen molar-refractivity contribution < 1.29 is 19.1 Å². The number of rotatable bonds is 8. The van der Waals surface area contributed by atoms with Gasteiger partial charge in [0.05, 0.1) is 30.3 Å². The average Bonchev–Trinajstić information content (AvgIpc) is 2.85. The second-order valence-corrected chi connectivity index (χ2v) is 8.94. The molecule has 0 unspecified atom stereocenters. The van der Waals surface area contributed by atoms with Crippen LogP contribution in [0.5, 0.6) is 11.5 Å². The van der Waals surface area contributed by atoms with Gasteiger partial charge in [-0.2, -0.15) is 10.4 Å². The van der Waals surface area contributed by atoms with Gasteiger partial charge in [0.2, 0.25) is 0 Å². The number of ether oxygens (including phenoxy) is 2. The second kappa shape index (κ2) is 12.9. The Morgan fingerprint density at radius 2 is 1.86 bits per heavy atom. The number of anilines is 1. The van der Waals surface area contributed by atoms with Crippen molar-refractivity contribution >= 4 is 62.8 Å². The van der Waals surface area contributed by atoms with Gasteiger partial charge in [0.15, 0.2) is 11.5 Å². The number of hydrogen-bond acceptors (Lipinski definition) is 6. The predicted octanol–water partition coefficient (Wildman–Crippen LogP) is 5.50. The van der Waals surface area contributed by atoms with Crippen LogP contribution in [0.2, 0.25) is 10.0 Å². The van der Waals surface area contributed by atoms with Crippen molar-refractivity contribution in [3.8, 4) is 17.6 Å². The Balaban J connectivity index is 1.60. The molecule has 0 saturated carbocycles. The lowest BCUT2D eigenvalue weighted by atomic mass is 10.1. The number of nitriles is 1. The number of benzene rings is 3. The lowest BCUT2D eigenvalue weighted by Gasteiger charge is -2.14.